The molecule has 0 saturated carbocycles. The number of aliphatic imine (C=N–C) groups is 1. The van der Waals surface area contributed by atoms with Crippen LogP contribution in [0.2, 0.25) is 0 Å². The van der Waals surface area contributed by atoms with Gasteiger partial charge in [-0.2, -0.15) is 0 Å². The highest BCUT2D eigenvalue weighted by molar-refractivity contribution is 9.10. The fraction of sp³-hybridized carbons (Fsp3) is 0.179. The first-order valence-corrected chi connectivity index (χ1v) is 16.8. The first-order valence-electron chi connectivity index (χ1n) is 16.0. The molecule has 1 heterocycles. The number of nitrogens with zero attached hydrogens (tertiary/aromatic N) is 4. The molecule has 10 heteroatoms. The molecular formula is C39H32BrN5O4. The van der Waals surface area contributed by atoms with E-state index in [4.69, 9.17) is 19.6 Å². The van der Waals surface area contributed by atoms with Crippen molar-refractivity contribution in [2.45, 2.75) is 30.5 Å². The number of azide groups is 1. The maximum atomic E-state index is 15.2. The normalized spacial score (nSPS) is 17.7. The van der Waals surface area contributed by atoms with Crippen LogP contribution < -0.4 is 10.1 Å². The van der Waals surface area contributed by atoms with Gasteiger partial charge in [-0.15, -0.1) is 0 Å². The smallest absolute Gasteiger partial charge is 0.253 e. The van der Waals surface area contributed by atoms with Crippen LogP contribution in [0.4, 0.5) is 5.69 Å². The van der Waals surface area contributed by atoms with Gasteiger partial charge in [0.25, 0.3) is 5.91 Å². The molecule has 0 saturated heterocycles. The average Bonchev–Trinajstić information content (AvgIpc) is 3.67. The van der Waals surface area contributed by atoms with E-state index in [0.29, 0.717) is 35.6 Å². The highest BCUT2D eigenvalue weighted by Crippen LogP contribution is 2.48. The number of amides is 1. The van der Waals surface area contributed by atoms with Crippen molar-refractivity contribution in [3.63, 3.8) is 0 Å². The molecule has 0 radical (unpaired) electrons. The molecule has 1 aliphatic carbocycles. The Hall–Kier alpha value is -5.41. The van der Waals surface area contributed by atoms with Gasteiger partial charge in [0, 0.05) is 45.6 Å². The number of halogens is 1. The van der Waals surface area contributed by atoms with E-state index < -0.39 is 17.7 Å². The second kappa shape index (κ2) is 14.0. The van der Waals surface area contributed by atoms with E-state index in [2.05, 4.69) is 43.4 Å². The summed E-state index contributed by atoms with van der Waals surface area (Å²) < 4.78 is 13.4. The lowest BCUT2D eigenvalue weighted by molar-refractivity contribution is -0.129. The summed E-state index contributed by atoms with van der Waals surface area (Å²) in [6.45, 7) is 0.428. The second-order valence-electron chi connectivity index (χ2n) is 11.9. The molecule has 5 aromatic carbocycles. The van der Waals surface area contributed by atoms with Crippen LogP contribution in [0, 0.1) is 0 Å². The lowest BCUT2D eigenvalue weighted by Crippen LogP contribution is -2.50. The number of carbonyl (C=O) groups excluding carboxylic acids is 1. The van der Waals surface area contributed by atoms with Crippen molar-refractivity contribution in [2.24, 2.45) is 10.1 Å². The Morgan fingerprint density at radius 3 is 2.18 bits per heavy atom. The van der Waals surface area contributed by atoms with Gasteiger partial charge in [0.15, 0.2) is 11.6 Å². The number of hydrogen-bond donors (Lipinski definition) is 2. The molecule has 2 atom stereocenters. The summed E-state index contributed by atoms with van der Waals surface area (Å²) in [5.41, 5.74) is 14.5. The first kappa shape index (κ1) is 32.2. The van der Waals surface area contributed by atoms with Crippen LogP contribution >= 0.6 is 15.9 Å². The van der Waals surface area contributed by atoms with E-state index in [9.17, 15) is 5.53 Å². The number of fused-ring (bicyclic) bond motifs is 3. The van der Waals surface area contributed by atoms with Gasteiger partial charge in [-0.1, -0.05) is 106 Å². The average molecular weight is 715 g/mol. The van der Waals surface area contributed by atoms with Gasteiger partial charge in [0.1, 0.15) is 5.75 Å². The Labute approximate surface area is 292 Å². The van der Waals surface area contributed by atoms with Crippen LogP contribution in [0.15, 0.2) is 136 Å². The van der Waals surface area contributed by atoms with Gasteiger partial charge in [-0.25, -0.2) is 4.99 Å². The summed E-state index contributed by atoms with van der Waals surface area (Å²) in [4.78, 5) is 23.5. The maximum absolute atomic E-state index is 15.2. The van der Waals surface area contributed by atoms with Crippen molar-refractivity contribution < 1.29 is 19.4 Å². The lowest BCUT2D eigenvalue weighted by atomic mass is 9.81. The molecule has 244 valence electrons. The minimum atomic E-state index is -1.51. The number of benzene rings is 5. The number of carbonyl (C=O) groups is 1. The fourth-order valence-corrected chi connectivity index (χ4v) is 6.85. The summed E-state index contributed by atoms with van der Waals surface area (Å²) in [7, 11) is 0. The van der Waals surface area contributed by atoms with E-state index in [-0.39, 0.29) is 24.8 Å². The molecule has 2 N–H and O–H groups in total. The van der Waals surface area contributed by atoms with Crippen molar-refractivity contribution in [3.8, 4) is 16.9 Å². The highest BCUT2D eigenvalue weighted by atomic mass is 79.9. The molecule has 2 aliphatic rings. The van der Waals surface area contributed by atoms with E-state index in [1.165, 1.54) is 0 Å². The van der Waals surface area contributed by atoms with Crippen LogP contribution in [0.25, 0.3) is 21.6 Å². The van der Waals surface area contributed by atoms with Gasteiger partial charge in [-0.05, 0) is 69.7 Å². The van der Waals surface area contributed by atoms with Crippen LogP contribution in [-0.2, 0) is 16.0 Å². The SMILES string of the molecule is [N-]=[N+]=Nc1ccccc1[C@H]1OC(c2ccc(OCCCO)cc2)=N[C@@]1(Cc1ccc(Br)cc1)C(=O)NC1c2ccccc2-c2ccccc21. The number of hydrogen-bond acceptors (Lipinski definition) is 6. The van der Waals surface area contributed by atoms with E-state index in [1.807, 2.05) is 97.1 Å². The van der Waals surface area contributed by atoms with Crippen molar-refractivity contribution in [3.05, 3.63) is 164 Å². The maximum Gasteiger partial charge on any atom is 0.253 e. The molecule has 0 aromatic heterocycles. The number of nitrogens with one attached hydrogen (secondary N) is 1. The Bertz CT molecular complexity index is 2030. The monoisotopic (exact) mass is 713 g/mol. The third-order valence-electron chi connectivity index (χ3n) is 8.90. The molecule has 49 heavy (non-hydrogen) atoms. The quantitative estimate of drug-likeness (QED) is 0.0615. The summed E-state index contributed by atoms with van der Waals surface area (Å²) in [5.74, 6) is 0.590. The van der Waals surface area contributed by atoms with Gasteiger partial charge in [0.2, 0.25) is 5.90 Å². The standard InChI is InChI=1S/C39H32BrN5O4/c40-27-18-14-25(15-19-27)24-39(38(47)42-35-31-10-3-1-8-29(31)30-9-2-4-11-32(30)35)36(33-12-5-6-13-34(33)44-45-41)49-37(43-39)26-16-20-28(21-17-26)48-23-7-22-46/h1-6,8-21,35-36,46H,7,22-24H2,(H,42,47)/t36-,39-/m1/s1. The Kier molecular flexibility index (Phi) is 9.17. The van der Waals surface area contributed by atoms with Crippen LogP contribution in [0.3, 0.4) is 0 Å². The minimum absolute atomic E-state index is 0.0436. The Balaban J connectivity index is 1.36. The van der Waals surface area contributed by atoms with Crippen molar-refractivity contribution in [1.29, 1.82) is 0 Å². The number of ether oxygens (including phenoxy) is 2. The van der Waals surface area contributed by atoms with Crippen molar-refractivity contribution in [1.82, 2.24) is 5.32 Å². The third-order valence-corrected chi connectivity index (χ3v) is 9.43. The predicted octanol–water partition coefficient (Wildman–Crippen LogP) is 8.54. The summed E-state index contributed by atoms with van der Waals surface area (Å²) >= 11 is 3.53. The molecule has 0 bridgehead atoms. The molecule has 1 amide bonds. The molecular weight excluding hydrogens is 682 g/mol. The van der Waals surface area contributed by atoms with Gasteiger partial charge >= 0.3 is 0 Å². The van der Waals surface area contributed by atoms with Crippen molar-refractivity contribution >= 4 is 33.4 Å². The number of aliphatic hydroxyl groups excluding tert-OH is 1. The molecule has 1 aliphatic heterocycles. The van der Waals surface area contributed by atoms with E-state index in [0.717, 1.165) is 32.3 Å². The predicted molar refractivity (Wildman–Crippen MR) is 192 cm³/mol. The summed E-state index contributed by atoms with van der Waals surface area (Å²) in [5, 5.41) is 16.5. The van der Waals surface area contributed by atoms with Gasteiger partial charge in [-0.3, -0.25) is 4.79 Å². The number of rotatable bonds is 11. The van der Waals surface area contributed by atoms with Crippen molar-refractivity contribution in [2.75, 3.05) is 13.2 Å². The molecule has 5 aromatic rings. The summed E-state index contributed by atoms with van der Waals surface area (Å²) in [6, 6.07) is 38.0. The van der Waals surface area contributed by atoms with E-state index in [1.54, 1.807) is 12.1 Å². The molecule has 0 fully saturated rings. The zero-order chi connectivity index (χ0) is 33.8. The first-order chi connectivity index (χ1) is 24.0. The zero-order valence-corrected chi connectivity index (χ0v) is 28.0. The zero-order valence-electron chi connectivity index (χ0n) is 26.4. The number of aliphatic hydroxyl groups is 1. The third kappa shape index (κ3) is 6.29. The largest absolute Gasteiger partial charge is 0.494 e. The molecule has 0 unspecified atom stereocenters. The van der Waals surface area contributed by atoms with Gasteiger partial charge in [0.05, 0.1) is 12.6 Å². The highest BCUT2D eigenvalue weighted by Gasteiger charge is 2.54. The molecule has 7 rings (SSSR count). The Morgan fingerprint density at radius 2 is 1.53 bits per heavy atom. The fourth-order valence-electron chi connectivity index (χ4n) is 6.59. The van der Waals surface area contributed by atoms with Crippen LogP contribution in [0.1, 0.15) is 46.4 Å². The Morgan fingerprint density at radius 1 is 0.898 bits per heavy atom. The second-order valence-corrected chi connectivity index (χ2v) is 12.8. The topological polar surface area (TPSA) is 129 Å². The molecule has 0 spiro atoms. The molecule has 9 nitrogen and oxygen atoms in total. The van der Waals surface area contributed by atoms with Crippen LogP contribution in [-0.4, -0.2) is 35.7 Å². The van der Waals surface area contributed by atoms with Gasteiger partial charge < -0.3 is 19.9 Å². The minimum Gasteiger partial charge on any atom is -0.494 e. The van der Waals surface area contributed by atoms with Crippen LogP contribution in [0.5, 0.6) is 5.75 Å². The van der Waals surface area contributed by atoms with E-state index >= 15 is 4.79 Å². The summed E-state index contributed by atoms with van der Waals surface area (Å²) in [6.07, 6.45) is -0.225. The lowest BCUT2D eigenvalue weighted by Gasteiger charge is -2.33.